The second-order valence-electron chi connectivity index (χ2n) is 5.74. The number of piperazine rings is 1. The molecule has 7 heteroatoms. The van der Waals surface area contributed by atoms with Gasteiger partial charge in [0.1, 0.15) is 12.3 Å². The number of carbonyl (C=O) groups excluding carboxylic acids is 2. The third kappa shape index (κ3) is 4.39. The first kappa shape index (κ1) is 18.5. The Balaban J connectivity index is 2.07. The van der Waals surface area contributed by atoms with Crippen molar-refractivity contribution in [3.05, 3.63) is 23.2 Å². The van der Waals surface area contributed by atoms with Crippen LogP contribution in [-0.4, -0.2) is 68.0 Å². The molecule has 0 unspecified atom stereocenters. The summed E-state index contributed by atoms with van der Waals surface area (Å²) < 4.78 is 5.12. The van der Waals surface area contributed by atoms with Gasteiger partial charge in [0.25, 0.3) is 0 Å². The summed E-state index contributed by atoms with van der Waals surface area (Å²) in [5, 5.41) is 0.408. The van der Waals surface area contributed by atoms with Crippen molar-refractivity contribution in [1.29, 1.82) is 0 Å². The highest BCUT2D eigenvalue weighted by Crippen LogP contribution is 2.29. The highest BCUT2D eigenvalue weighted by atomic mass is 35.5. The fraction of sp³-hybridized carbons (Fsp3) is 0.529. The Morgan fingerprint density at radius 1 is 1.25 bits per heavy atom. The van der Waals surface area contributed by atoms with E-state index in [-0.39, 0.29) is 18.4 Å². The summed E-state index contributed by atoms with van der Waals surface area (Å²) in [5.41, 5.74) is 0.592. The van der Waals surface area contributed by atoms with Gasteiger partial charge in [-0.2, -0.15) is 0 Å². The van der Waals surface area contributed by atoms with Crippen LogP contribution < -0.4 is 9.64 Å². The molecule has 24 heavy (non-hydrogen) atoms. The number of benzene rings is 1. The van der Waals surface area contributed by atoms with Crippen molar-refractivity contribution in [2.24, 2.45) is 0 Å². The summed E-state index contributed by atoms with van der Waals surface area (Å²) in [6, 6.07) is 5.07. The molecule has 1 saturated heterocycles. The number of amides is 2. The van der Waals surface area contributed by atoms with E-state index in [1.54, 1.807) is 18.2 Å². The van der Waals surface area contributed by atoms with Crippen LogP contribution in [0.1, 0.15) is 13.8 Å². The number of ether oxygens (including phenoxy) is 1. The lowest BCUT2D eigenvalue weighted by Crippen LogP contribution is -2.51. The number of hydrogen-bond acceptors (Lipinski definition) is 4. The maximum absolute atomic E-state index is 12.5. The van der Waals surface area contributed by atoms with Crippen molar-refractivity contribution in [2.45, 2.75) is 13.8 Å². The zero-order valence-electron chi connectivity index (χ0n) is 14.4. The Labute approximate surface area is 147 Å². The van der Waals surface area contributed by atoms with Crippen molar-refractivity contribution in [1.82, 2.24) is 9.80 Å². The molecule has 0 aromatic heterocycles. The second kappa shape index (κ2) is 8.35. The van der Waals surface area contributed by atoms with Gasteiger partial charge in [0.15, 0.2) is 0 Å². The van der Waals surface area contributed by atoms with Crippen molar-refractivity contribution in [3.8, 4) is 5.75 Å². The topological polar surface area (TPSA) is 53.1 Å². The summed E-state index contributed by atoms with van der Waals surface area (Å²) in [6.07, 6.45) is 0. The molecule has 6 nitrogen and oxygen atoms in total. The van der Waals surface area contributed by atoms with Crippen LogP contribution in [0.5, 0.6) is 5.75 Å². The molecule has 1 aliphatic rings. The van der Waals surface area contributed by atoms with Crippen LogP contribution in [0.4, 0.5) is 5.69 Å². The average molecular weight is 354 g/mol. The highest BCUT2D eigenvalue weighted by Gasteiger charge is 2.24. The molecule has 0 radical (unpaired) electrons. The van der Waals surface area contributed by atoms with E-state index in [2.05, 4.69) is 11.8 Å². The average Bonchev–Trinajstić information content (AvgIpc) is 2.59. The Kier molecular flexibility index (Phi) is 6.45. The Morgan fingerprint density at radius 2 is 1.92 bits per heavy atom. The molecule has 2 amide bonds. The molecule has 0 saturated carbocycles. The van der Waals surface area contributed by atoms with E-state index in [9.17, 15) is 9.59 Å². The zero-order chi connectivity index (χ0) is 17.7. The molecule has 1 aromatic carbocycles. The largest absolute Gasteiger partial charge is 0.495 e. The predicted molar refractivity (Wildman–Crippen MR) is 94.7 cm³/mol. The lowest BCUT2D eigenvalue weighted by molar-refractivity contribution is -0.132. The fourth-order valence-electron chi connectivity index (χ4n) is 2.76. The molecular formula is C17H24ClN3O3. The van der Waals surface area contributed by atoms with Crippen LogP contribution in [0.2, 0.25) is 5.02 Å². The quantitative estimate of drug-likeness (QED) is 0.811. The lowest BCUT2D eigenvalue weighted by atomic mass is 10.2. The van der Waals surface area contributed by atoms with Crippen LogP contribution in [0.15, 0.2) is 18.2 Å². The smallest absolute Gasteiger partial charge is 0.242 e. The lowest BCUT2D eigenvalue weighted by Gasteiger charge is -2.35. The van der Waals surface area contributed by atoms with Crippen molar-refractivity contribution in [3.63, 3.8) is 0 Å². The second-order valence-corrected chi connectivity index (χ2v) is 6.15. The minimum Gasteiger partial charge on any atom is -0.495 e. The first-order valence-corrected chi connectivity index (χ1v) is 8.45. The van der Waals surface area contributed by atoms with Gasteiger partial charge in [0.2, 0.25) is 11.8 Å². The maximum Gasteiger partial charge on any atom is 0.242 e. The molecule has 1 fully saturated rings. The summed E-state index contributed by atoms with van der Waals surface area (Å²) >= 11 is 6.13. The normalized spacial score (nSPS) is 15.2. The molecule has 2 rings (SSSR count). The Morgan fingerprint density at radius 3 is 2.42 bits per heavy atom. The predicted octanol–water partition coefficient (Wildman–Crippen LogP) is 1.87. The number of rotatable bonds is 5. The highest BCUT2D eigenvalue weighted by molar-refractivity contribution is 6.32. The molecule has 0 spiro atoms. The number of anilines is 1. The molecule has 0 N–H and O–H groups in total. The van der Waals surface area contributed by atoms with Gasteiger partial charge in [-0.1, -0.05) is 18.5 Å². The summed E-state index contributed by atoms with van der Waals surface area (Å²) in [6.45, 7) is 7.70. The molecule has 132 valence electrons. The van der Waals surface area contributed by atoms with Gasteiger partial charge >= 0.3 is 0 Å². The molecule has 0 bridgehead atoms. The van der Waals surface area contributed by atoms with E-state index < -0.39 is 0 Å². The van der Waals surface area contributed by atoms with Gasteiger partial charge in [-0.05, 0) is 24.7 Å². The van der Waals surface area contributed by atoms with Gasteiger partial charge < -0.3 is 19.4 Å². The monoisotopic (exact) mass is 353 g/mol. The van der Waals surface area contributed by atoms with Gasteiger partial charge in [-0.25, -0.2) is 0 Å². The van der Waals surface area contributed by atoms with Crippen LogP contribution in [0.25, 0.3) is 0 Å². The van der Waals surface area contributed by atoms with E-state index in [0.29, 0.717) is 29.5 Å². The van der Waals surface area contributed by atoms with E-state index >= 15 is 0 Å². The summed E-state index contributed by atoms with van der Waals surface area (Å²) in [7, 11) is 1.53. The number of hydrogen-bond donors (Lipinski definition) is 0. The minimum atomic E-state index is -0.197. The number of carbonyl (C=O) groups is 2. The van der Waals surface area contributed by atoms with Gasteiger partial charge in [0, 0.05) is 38.8 Å². The Bertz CT molecular complexity index is 601. The van der Waals surface area contributed by atoms with Crippen molar-refractivity contribution < 1.29 is 14.3 Å². The summed E-state index contributed by atoms with van der Waals surface area (Å²) in [4.78, 5) is 30.1. The van der Waals surface area contributed by atoms with Gasteiger partial charge in [-0.15, -0.1) is 0 Å². The van der Waals surface area contributed by atoms with Crippen LogP contribution in [0.3, 0.4) is 0 Å². The first-order chi connectivity index (χ1) is 11.5. The molecule has 0 atom stereocenters. The van der Waals surface area contributed by atoms with Gasteiger partial charge in [-0.3, -0.25) is 9.59 Å². The molecular weight excluding hydrogens is 330 g/mol. The number of nitrogens with zero attached hydrogens (tertiary/aromatic N) is 3. The molecule has 1 heterocycles. The molecule has 1 aromatic rings. The van der Waals surface area contributed by atoms with Crippen LogP contribution in [-0.2, 0) is 9.59 Å². The number of likely N-dealkylation sites (N-methyl/N-ethyl adjacent to an activating group) is 1. The standard InChI is InChI=1S/C17H24ClN3O3/c1-4-19-7-9-20(10-8-19)17(23)12-21(13(2)22)14-5-6-16(24-3)15(18)11-14/h5-6,11H,4,7-10,12H2,1-3H3. The van der Waals surface area contributed by atoms with Crippen LogP contribution >= 0.6 is 11.6 Å². The van der Waals surface area contributed by atoms with Crippen LogP contribution in [0, 0.1) is 0 Å². The third-order valence-electron chi connectivity index (χ3n) is 4.29. The molecule has 1 aliphatic heterocycles. The first-order valence-electron chi connectivity index (χ1n) is 8.08. The maximum atomic E-state index is 12.5. The zero-order valence-corrected chi connectivity index (χ0v) is 15.2. The van der Waals surface area contributed by atoms with Gasteiger partial charge in [0.05, 0.1) is 12.1 Å². The number of methoxy groups -OCH3 is 1. The van der Waals surface area contributed by atoms with E-state index in [4.69, 9.17) is 16.3 Å². The van der Waals surface area contributed by atoms with E-state index in [1.807, 2.05) is 4.90 Å². The van der Waals surface area contributed by atoms with E-state index in [0.717, 1.165) is 19.6 Å². The van der Waals surface area contributed by atoms with E-state index in [1.165, 1.54) is 18.9 Å². The van der Waals surface area contributed by atoms with Crippen molar-refractivity contribution in [2.75, 3.05) is 51.3 Å². The SMILES string of the molecule is CCN1CCN(C(=O)CN(C(C)=O)c2ccc(OC)c(Cl)c2)CC1. The Hall–Kier alpha value is -1.79. The van der Waals surface area contributed by atoms with Crippen molar-refractivity contribution >= 4 is 29.1 Å². The number of halogens is 1. The molecule has 0 aliphatic carbocycles. The third-order valence-corrected chi connectivity index (χ3v) is 4.59. The fourth-order valence-corrected chi connectivity index (χ4v) is 3.01. The minimum absolute atomic E-state index is 0.0180. The summed E-state index contributed by atoms with van der Waals surface area (Å²) in [5.74, 6) is 0.288.